The van der Waals surface area contributed by atoms with Crippen LogP contribution in [0.5, 0.6) is 5.75 Å². The maximum absolute atomic E-state index is 12.0. The minimum absolute atomic E-state index is 0.194. The molecule has 0 amide bonds. The van der Waals surface area contributed by atoms with Gasteiger partial charge in [-0.05, 0) is 48.7 Å². The van der Waals surface area contributed by atoms with E-state index in [0.717, 1.165) is 34.0 Å². The number of carbonyl (C=O) groups excluding carboxylic acids is 1. The second kappa shape index (κ2) is 6.33. The summed E-state index contributed by atoms with van der Waals surface area (Å²) in [4.78, 5) is 12.0. The van der Waals surface area contributed by atoms with Crippen LogP contribution < -0.4 is 4.74 Å². The minimum atomic E-state index is 0.194. The van der Waals surface area contributed by atoms with E-state index in [-0.39, 0.29) is 5.78 Å². The lowest BCUT2D eigenvalue weighted by Gasteiger charge is -2.16. The normalized spacial score (nSPS) is 13.4. The van der Waals surface area contributed by atoms with Gasteiger partial charge in [-0.15, -0.1) is 0 Å². The van der Waals surface area contributed by atoms with Gasteiger partial charge in [0.1, 0.15) is 12.4 Å². The van der Waals surface area contributed by atoms with Crippen LogP contribution in [0.3, 0.4) is 0 Å². The van der Waals surface area contributed by atoms with Crippen LogP contribution in [0.4, 0.5) is 0 Å². The number of benzene rings is 2. The first-order valence-electron chi connectivity index (χ1n) is 7.15. The summed E-state index contributed by atoms with van der Waals surface area (Å²) in [5.74, 6) is 0.877. The maximum atomic E-state index is 12.0. The van der Waals surface area contributed by atoms with Gasteiger partial charge in [-0.25, -0.2) is 0 Å². The molecule has 110 valence electrons. The molecular weight excluding hydrogens is 342 g/mol. The van der Waals surface area contributed by atoms with Crippen LogP contribution in [-0.4, -0.2) is 5.78 Å². The third kappa shape index (κ3) is 3.05. The van der Waals surface area contributed by atoms with Crippen molar-refractivity contribution in [3.05, 3.63) is 63.1 Å². The molecule has 0 aliphatic heterocycles. The van der Waals surface area contributed by atoms with Crippen molar-refractivity contribution in [1.82, 2.24) is 0 Å². The molecule has 0 aromatic heterocycles. The Balaban J connectivity index is 1.79. The van der Waals surface area contributed by atoms with E-state index in [4.69, 9.17) is 10.00 Å². The van der Waals surface area contributed by atoms with E-state index in [1.807, 2.05) is 24.3 Å². The first kappa shape index (κ1) is 14.8. The van der Waals surface area contributed by atoms with Gasteiger partial charge in [0.15, 0.2) is 5.78 Å². The number of Topliss-reactive ketones (excluding diaryl/α,β-unsaturated/α-hetero) is 1. The van der Waals surface area contributed by atoms with Crippen molar-refractivity contribution in [1.29, 1.82) is 5.26 Å². The molecule has 3 nitrogen and oxygen atoms in total. The molecule has 2 aromatic rings. The fourth-order valence-electron chi connectivity index (χ4n) is 2.61. The van der Waals surface area contributed by atoms with Gasteiger partial charge in [-0.3, -0.25) is 4.79 Å². The lowest BCUT2D eigenvalue weighted by atomic mass is 9.90. The van der Waals surface area contributed by atoms with Crippen LogP contribution in [-0.2, 0) is 13.0 Å². The third-order valence-corrected chi connectivity index (χ3v) is 4.57. The highest BCUT2D eigenvalue weighted by Crippen LogP contribution is 2.27. The summed E-state index contributed by atoms with van der Waals surface area (Å²) in [5.41, 5.74) is 3.40. The number of hydrogen-bond acceptors (Lipinski definition) is 3. The predicted molar refractivity (Wildman–Crippen MR) is 86.9 cm³/mol. The zero-order chi connectivity index (χ0) is 15.5. The molecule has 0 atom stereocenters. The summed E-state index contributed by atoms with van der Waals surface area (Å²) < 4.78 is 6.70. The number of halogens is 1. The number of ketones is 1. The second-order valence-electron chi connectivity index (χ2n) is 5.30. The number of carbonyl (C=O) groups is 1. The lowest BCUT2D eigenvalue weighted by Crippen LogP contribution is -2.10. The average Bonchev–Trinajstić information content (AvgIpc) is 2.55. The van der Waals surface area contributed by atoms with Gasteiger partial charge in [0.25, 0.3) is 0 Å². The summed E-state index contributed by atoms with van der Waals surface area (Å²) in [6.45, 7) is 0.350. The SMILES string of the molecule is N#Cc1ccc(Br)c(COc2ccc3c(c2)C(=O)CCC3)c1. The van der Waals surface area contributed by atoms with E-state index < -0.39 is 0 Å². The molecule has 0 bridgehead atoms. The van der Waals surface area contributed by atoms with Gasteiger partial charge >= 0.3 is 0 Å². The van der Waals surface area contributed by atoms with Crippen molar-refractivity contribution in [2.45, 2.75) is 25.9 Å². The fraction of sp³-hybridized carbons (Fsp3) is 0.222. The summed E-state index contributed by atoms with van der Waals surface area (Å²) in [6, 6.07) is 13.2. The Morgan fingerprint density at radius 1 is 1.18 bits per heavy atom. The highest BCUT2D eigenvalue weighted by atomic mass is 79.9. The minimum Gasteiger partial charge on any atom is -0.489 e. The monoisotopic (exact) mass is 355 g/mol. The van der Waals surface area contributed by atoms with Gasteiger partial charge in [0.05, 0.1) is 11.6 Å². The van der Waals surface area contributed by atoms with Crippen molar-refractivity contribution in [3.63, 3.8) is 0 Å². The van der Waals surface area contributed by atoms with Crippen molar-refractivity contribution in [2.75, 3.05) is 0 Å². The van der Waals surface area contributed by atoms with Gasteiger partial charge in [-0.1, -0.05) is 22.0 Å². The zero-order valence-electron chi connectivity index (χ0n) is 11.9. The zero-order valence-corrected chi connectivity index (χ0v) is 13.5. The first-order chi connectivity index (χ1) is 10.7. The van der Waals surface area contributed by atoms with E-state index in [1.54, 1.807) is 12.1 Å². The summed E-state index contributed by atoms with van der Waals surface area (Å²) in [6.07, 6.45) is 2.50. The molecule has 0 heterocycles. The largest absolute Gasteiger partial charge is 0.489 e. The van der Waals surface area contributed by atoms with Crippen LogP contribution >= 0.6 is 15.9 Å². The molecule has 0 saturated heterocycles. The smallest absolute Gasteiger partial charge is 0.163 e. The van der Waals surface area contributed by atoms with Gasteiger partial charge in [-0.2, -0.15) is 5.26 Å². The van der Waals surface area contributed by atoms with Crippen LogP contribution in [0.1, 0.15) is 39.9 Å². The fourth-order valence-corrected chi connectivity index (χ4v) is 2.97. The maximum Gasteiger partial charge on any atom is 0.163 e. The van der Waals surface area contributed by atoms with Crippen LogP contribution in [0.25, 0.3) is 0 Å². The Hall–Kier alpha value is -2.12. The Kier molecular flexibility index (Phi) is 4.26. The Morgan fingerprint density at radius 3 is 2.86 bits per heavy atom. The topological polar surface area (TPSA) is 50.1 Å². The average molecular weight is 356 g/mol. The van der Waals surface area contributed by atoms with Crippen LogP contribution in [0, 0.1) is 11.3 Å². The van der Waals surface area contributed by atoms with Crippen LogP contribution in [0.15, 0.2) is 40.9 Å². The number of hydrogen-bond donors (Lipinski definition) is 0. The Morgan fingerprint density at radius 2 is 2.05 bits per heavy atom. The molecule has 0 spiro atoms. The predicted octanol–water partition coefficient (Wildman–Crippen LogP) is 4.42. The molecule has 22 heavy (non-hydrogen) atoms. The Labute approximate surface area is 137 Å². The molecular formula is C18H14BrNO2. The summed E-state index contributed by atoms with van der Waals surface area (Å²) in [5, 5.41) is 8.96. The molecule has 1 aliphatic rings. The molecule has 4 heteroatoms. The number of ether oxygens (including phenoxy) is 1. The van der Waals surface area contributed by atoms with E-state index >= 15 is 0 Å². The molecule has 0 saturated carbocycles. The van der Waals surface area contributed by atoms with Gasteiger partial charge in [0.2, 0.25) is 0 Å². The number of rotatable bonds is 3. The molecule has 2 aromatic carbocycles. The number of aryl methyl sites for hydroxylation is 1. The van der Waals surface area contributed by atoms with E-state index in [0.29, 0.717) is 24.3 Å². The van der Waals surface area contributed by atoms with Crippen molar-refractivity contribution < 1.29 is 9.53 Å². The number of nitrogens with zero attached hydrogens (tertiary/aromatic N) is 1. The van der Waals surface area contributed by atoms with Gasteiger partial charge in [0, 0.05) is 22.0 Å². The standard InChI is InChI=1S/C18H14BrNO2/c19-17-7-4-12(10-20)8-14(17)11-22-15-6-5-13-2-1-3-18(21)16(13)9-15/h4-9H,1-3,11H2. The van der Waals surface area contributed by atoms with Gasteiger partial charge < -0.3 is 4.74 Å². The molecule has 0 fully saturated rings. The summed E-state index contributed by atoms with van der Waals surface area (Å²) in [7, 11) is 0. The Bertz CT molecular complexity index is 777. The second-order valence-corrected chi connectivity index (χ2v) is 6.16. The van der Waals surface area contributed by atoms with Crippen LogP contribution in [0.2, 0.25) is 0 Å². The quantitative estimate of drug-likeness (QED) is 0.818. The van der Waals surface area contributed by atoms with E-state index in [1.165, 1.54) is 0 Å². The van der Waals surface area contributed by atoms with E-state index in [9.17, 15) is 4.79 Å². The van der Waals surface area contributed by atoms with E-state index in [2.05, 4.69) is 22.0 Å². The first-order valence-corrected chi connectivity index (χ1v) is 7.94. The highest BCUT2D eigenvalue weighted by molar-refractivity contribution is 9.10. The van der Waals surface area contributed by atoms with Crippen molar-refractivity contribution in [2.24, 2.45) is 0 Å². The number of nitriles is 1. The molecule has 0 radical (unpaired) electrons. The number of fused-ring (bicyclic) bond motifs is 1. The highest BCUT2D eigenvalue weighted by Gasteiger charge is 2.17. The third-order valence-electron chi connectivity index (χ3n) is 3.80. The molecule has 0 unspecified atom stereocenters. The molecule has 0 N–H and O–H groups in total. The molecule has 1 aliphatic carbocycles. The van der Waals surface area contributed by atoms with Crippen molar-refractivity contribution >= 4 is 21.7 Å². The summed E-state index contributed by atoms with van der Waals surface area (Å²) >= 11 is 3.46. The molecule has 3 rings (SSSR count). The van der Waals surface area contributed by atoms with Crippen molar-refractivity contribution in [3.8, 4) is 11.8 Å². The lowest BCUT2D eigenvalue weighted by molar-refractivity contribution is 0.0972.